The van der Waals surface area contributed by atoms with E-state index in [2.05, 4.69) is 15.6 Å². The number of hydrogen-bond donors (Lipinski definition) is 3. The fourth-order valence-corrected chi connectivity index (χ4v) is 2.17. The molecule has 2 amide bonds. The van der Waals surface area contributed by atoms with Gasteiger partial charge in [0.25, 0.3) is 0 Å². The van der Waals surface area contributed by atoms with Crippen LogP contribution in [0.5, 0.6) is 0 Å². The van der Waals surface area contributed by atoms with E-state index in [4.69, 9.17) is 4.42 Å². The van der Waals surface area contributed by atoms with Gasteiger partial charge in [-0.3, -0.25) is 0 Å². The van der Waals surface area contributed by atoms with Gasteiger partial charge in [-0.25, -0.2) is 9.78 Å². The topological polar surface area (TPSA) is 87.4 Å². The Balaban J connectivity index is 1.76. The minimum absolute atomic E-state index is 0.234. The van der Waals surface area contributed by atoms with Gasteiger partial charge in [0.15, 0.2) is 0 Å². The highest BCUT2D eigenvalue weighted by Crippen LogP contribution is 2.17. The molecule has 1 heterocycles. The third kappa shape index (κ3) is 5.75. The van der Waals surface area contributed by atoms with E-state index >= 15 is 0 Å². The summed E-state index contributed by atoms with van der Waals surface area (Å²) in [6.07, 6.45) is 1.65. The number of amides is 2. The molecule has 6 heteroatoms. The molecular weight excluding hydrogens is 294 g/mol. The van der Waals surface area contributed by atoms with Crippen molar-refractivity contribution in [2.45, 2.75) is 32.9 Å². The van der Waals surface area contributed by atoms with Gasteiger partial charge in [0.1, 0.15) is 6.26 Å². The van der Waals surface area contributed by atoms with E-state index in [1.54, 1.807) is 0 Å². The lowest BCUT2D eigenvalue weighted by atomic mass is 10.1. The summed E-state index contributed by atoms with van der Waals surface area (Å²) in [6.45, 7) is 4.55. The second-order valence-corrected chi connectivity index (χ2v) is 5.86. The molecule has 0 spiro atoms. The molecule has 0 saturated carbocycles. The van der Waals surface area contributed by atoms with Crippen molar-refractivity contribution in [3.8, 4) is 11.5 Å². The van der Waals surface area contributed by atoms with Crippen molar-refractivity contribution >= 4 is 6.03 Å². The zero-order valence-electron chi connectivity index (χ0n) is 13.5. The van der Waals surface area contributed by atoms with Gasteiger partial charge in [0.05, 0.1) is 18.3 Å². The fourth-order valence-electron chi connectivity index (χ4n) is 2.17. The van der Waals surface area contributed by atoms with E-state index in [-0.39, 0.29) is 19.1 Å². The number of hydrogen-bond acceptors (Lipinski definition) is 4. The number of carbonyl (C=O) groups is 1. The molecule has 0 aliphatic rings. The molecule has 1 aromatic heterocycles. The molecule has 6 nitrogen and oxygen atoms in total. The van der Waals surface area contributed by atoms with Crippen LogP contribution in [0.1, 0.15) is 26.0 Å². The summed E-state index contributed by atoms with van der Waals surface area (Å²) >= 11 is 0. The number of aliphatic hydroxyl groups excluding tert-OH is 1. The van der Waals surface area contributed by atoms with Crippen LogP contribution in [0.25, 0.3) is 11.5 Å². The average Bonchev–Trinajstić information content (AvgIpc) is 3.00. The molecule has 1 aromatic carbocycles. The fraction of sp³-hybridized carbons (Fsp3) is 0.412. The predicted molar refractivity (Wildman–Crippen MR) is 87.6 cm³/mol. The van der Waals surface area contributed by atoms with E-state index in [0.29, 0.717) is 23.9 Å². The number of urea groups is 1. The number of aromatic nitrogens is 1. The summed E-state index contributed by atoms with van der Waals surface area (Å²) in [5, 5.41) is 15.0. The molecular formula is C17H23N3O3. The van der Waals surface area contributed by atoms with E-state index in [1.165, 1.54) is 6.26 Å². The van der Waals surface area contributed by atoms with Crippen molar-refractivity contribution < 1.29 is 14.3 Å². The van der Waals surface area contributed by atoms with Crippen LogP contribution in [-0.2, 0) is 6.54 Å². The van der Waals surface area contributed by atoms with Gasteiger partial charge in [-0.1, -0.05) is 32.0 Å². The maximum absolute atomic E-state index is 11.7. The summed E-state index contributed by atoms with van der Waals surface area (Å²) in [4.78, 5) is 16.0. The molecule has 124 valence electrons. The largest absolute Gasteiger partial charge is 0.444 e. The van der Waals surface area contributed by atoms with Crippen molar-refractivity contribution in [3.63, 3.8) is 0 Å². The molecule has 3 N–H and O–H groups in total. The van der Waals surface area contributed by atoms with Gasteiger partial charge in [-0.05, 0) is 24.5 Å². The van der Waals surface area contributed by atoms with Crippen LogP contribution < -0.4 is 10.6 Å². The quantitative estimate of drug-likeness (QED) is 0.732. The number of rotatable bonds is 7. The zero-order chi connectivity index (χ0) is 16.7. The molecule has 1 atom stereocenters. The lowest BCUT2D eigenvalue weighted by Gasteiger charge is -2.14. The number of benzene rings is 1. The average molecular weight is 317 g/mol. The summed E-state index contributed by atoms with van der Waals surface area (Å²) in [7, 11) is 0. The summed E-state index contributed by atoms with van der Waals surface area (Å²) in [5.41, 5.74) is 1.53. The van der Waals surface area contributed by atoms with Gasteiger partial charge in [0, 0.05) is 12.1 Å². The van der Waals surface area contributed by atoms with Crippen LogP contribution in [0, 0.1) is 5.92 Å². The molecule has 23 heavy (non-hydrogen) atoms. The standard InChI is InChI=1S/C17H23N3O3/c1-12(2)8-15(21)10-19-17(22)18-9-14-11-23-16(20-14)13-6-4-3-5-7-13/h3-7,11-12,15,21H,8-10H2,1-2H3,(H2,18,19,22). The Labute approximate surface area is 135 Å². The first-order chi connectivity index (χ1) is 11.0. The van der Waals surface area contributed by atoms with Gasteiger partial charge in [-0.2, -0.15) is 0 Å². The third-order valence-electron chi connectivity index (χ3n) is 3.24. The Kier molecular flexibility index (Phi) is 6.17. The SMILES string of the molecule is CC(C)CC(O)CNC(=O)NCc1coc(-c2ccccc2)n1. The van der Waals surface area contributed by atoms with Gasteiger partial charge in [0.2, 0.25) is 5.89 Å². The number of carbonyl (C=O) groups excluding carboxylic acids is 1. The van der Waals surface area contributed by atoms with Gasteiger partial charge >= 0.3 is 6.03 Å². The predicted octanol–water partition coefficient (Wildman–Crippen LogP) is 2.55. The third-order valence-corrected chi connectivity index (χ3v) is 3.24. The highest BCUT2D eigenvalue weighted by molar-refractivity contribution is 5.73. The smallest absolute Gasteiger partial charge is 0.315 e. The van der Waals surface area contributed by atoms with Crippen LogP contribution in [0.2, 0.25) is 0 Å². The van der Waals surface area contributed by atoms with E-state index in [9.17, 15) is 9.90 Å². The first-order valence-electron chi connectivity index (χ1n) is 7.74. The summed E-state index contributed by atoms with van der Waals surface area (Å²) < 4.78 is 5.40. The molecule has 0 saturated heterocycles. The number of nitrogens with one attached hydrogen (secondary N) is 2. The normalized spacial score (nSPS) is 12.2. The van der Waals surface area contributed by atoms with Crippen LogP contribution >= 0.6 is 0 Å². The second kappa shape index (κ2) is 8.33. The second-order valence-electron chi connectivity index (χ2n) is 5.86. The van der Waals surface area contributed by atoms with Crippen LogP contribution in [0.3, 0.4) is 0 Å². The Morgan fingerprint density at radius 3 is 2.70 bits per heavy atom. The molecule has 0 aliphatic heterocycles. The van der Waals surface area contributed by atoms with E-state index in [0.717, 1.165) is 5.56 Å². The Hall–Kier alpha value is -2.34. The summed E-state index contributed by atoms with van der Waals surface area (Å²) in [6, 6.07) is 9.22. The van der Waals surface area contributed by atoms with Crippen LogP contribution in [-0.4, -0.2) is 28.8 Å². The molecule has 2 rings (SSSR count). The minimum atomic E-state index is -0.530. The minimum Gasteiger partial charge on any atom is -0.444 e. The van der Waals surface area contributed by atoms with Crippen molar-refractivity contribution in [1.82, 2.24) is 15.6 Å². The highest BCUT2D eigenvalue weighted by atomic mass is 16.3. The number of nitrogens with zero attached hydrogens (tertiary/aromatic N) is 1. The van der Waals surface area contributed by atoms with Crippen molar-refractivity contribution in [1.29, 1.82) is 0 Å². The molecule has 1 unspecified atom stereocenters. The maximum atomic E-state index is 11.7. The van der Waals surface area contributed by atoms with E-state index in [1.807, 2.05) is 44.2 Å². The van der Waals surface area contributed by atoms with Gasteiger partial charge < -0.3 is 20.2 Å². The first-order valence-corrected chi connectivity index (χ1v) is 7.74. The first kappa shape index (κ1) is 17.0. The summed E-state index contributed by atoms with van der Waals surface area (Å²) in [5.74, 6) is 0.913. The maximum Gasteiger partial charge on any atom is 0.315 e. The zero-order valence-corrected chi connectivity index (χ0v) is 13.5. The molecule has 0 fully saturated rings. The van der Waals surface area contributed by atoms with Crippen molar-refractivity contribution in [3.05, 3.63) is 42.3 Å². The van der Waals surface area contributed by atoms with Crippen molar-refractivity contribution in [2.24, 2.45) is 5.92 Å². The Bertz CT molecular complexity index is 611. The van der Waals surface area contributed by atoms with Crippen LogP contribution in [0.15, 0.2) is 41.0 Å². The molecule has 0 aliphatic carbocycles. The van der Waals surface area contributed by atoms with Crippen LogP contribution in [0.4, 0.5) is 4.79 Å². The molecule has 0 bridgehead atoms. The van der Waals surface area contributed by atoms with Crippen molar-refractivity contribution in [2.75, 3.05) is 6.54 Å². The number of aliphatic hydroxyl groups is 1. The molecule has 2 aromatic rings. The Morgan fingerprint density at radius 2 is 2.00 bits per heavy atom. The monoisotopic (exact) mass is 317 g/mol. The molecule has 0 radical (unpaired) electrons. The lowest BCUT2D eigenvalue weighted by Crippen LogP contribution is -2.39. The Morgan fingerprint density at radius 1 is 1.26 bits per heavy atom. The lowest BCUT2D eigenvalue weighted by molar-refractivity contribution is 0.147. The highest BCUT2D eigenvalue weighted by Gasteiger charge is 2.10. The number of oxazole rings is 1. The van der Waals surface area contributed by atoms with E-state index < -0.39 is 6.10 Å². The van der Waals surface area contributed by atoms with Gasteiger partial charge in [-0.15, -0.1) is 0 Å².